The van der Waals surface area contributed by atoms with Gasteiger partial charge in [-0.3, -0.25) is 9.59 Å². The van der Waals surface area contributed by atoms with Gasteiger partial charge in [0.15, 0.2) is 0 Å². The van der Waals surface area contributed by atoms with Crippen molar-refractivity contribution in [2.75, 3.05) is 40.0 Å². The van der Waals surface area contributed by atoms with Crippen molar-refractivity contribution in [2.24, 2.45) is 17.8 Å². The molecular formula is C53H105NO5. The number of hydrogen-bond acceptors (Lipinski definition) is 6. The van der Waals surface area contributed by atoms with E-state index in [9.17, 15) is 9.59 Å². The Kier molecular flexibility index (Phi) is 44.0. The first-order valence-electron chi connectivity index (χ1n) is 26.4. The topological polar surface area (TPSA) is 65.1 Å². The molecule has 0 aliphatic heterocycles. The number of esters is 2. The van der Waals surface area contributed by atoms with Crippen LogP contribution >= 0.6 is 0 Å². The Morgan fingerprint density at radius 3 is 1.08 bits per heavy atom. The van der Waals surface area contributed by atoms with Crippen molar-refractivity contribution >= 4 is 11.9 Å². The second-order valence-corrected chi connectivity index (χ2v) is 19.0. The third kappa shape index (κ3) is 40.7. The molecule has 0 aliphatic rings. The summed E-state index contributed by atoms with van der Waals surface area (Å²) in [5.41, 5.74) is 0. The standard InChI is InChI=1S/C53H105NO5/c1-8-12-26-35-49(36-27-13-9-2)45-52(55)58-43-32-24-20-16-18-22-30-39-51(47-57-42-34-41-54(7)48(5)6)40-31-23-19-17-21-25-33-44-59-53(56)46-50(37-28-14-10-3)38-29-15-11-4/h48-51H,8-47H2,1-7H3. The summed E-state index contributed by atoms with van der Waals surface area (Å²) in [6.45, 7) is 17.6. The van der Waals surface area contributed by atoms with E-state index in [2.05, 4.69) is 53.5 Å². The predicted molar refractivity (Wildman–Crippen MR) is 255 cm³/mol. The van der Waals surface area contributed by atoms with Crippen LogP contribution in [0.5, 0.6) is 0 Å². The molecule has 352 valence electrons. The van der Waals surface area contributed by atoms with E-state index in [0.717, 1.165) is 39.0 Å². The maximum atomic E-state index is 12.5. The molecule has 0 aromatic carbocycles. The second kappa shape index (κ2) is 44.9. The number of rotatable bonds is 47. The molecule has 0 radical (unpaired) electrons. The molecule has 0 rings (SSSR count). The van der Waals surface area contributed by atoms with Gasteiger partial charge in [-0.05, 0) is 96.4 Å². The van der Waals surface area contributed by atoms with Crippen LogP contribution in [0.15, 0.2) is 0 Å². The molecule has 0 saturated heterocycles. The summed E-state index contributed by atoms with van der Waals surface area (Å²) < 4.78 is 17.6. The van der Waals surface area contributed by atoms with Gasteiger partial charge in [-0.15, -0.1) is 0 Å². The van der Waals surface area contributed by atoms with Crippen molar-refractivity contribution in [3.8, 4) is 0 Å². The van der Waals surface area contributed by atoms with Crippen LogP contribution in [0.1, 0.15) is 266 Å². The van der Waals surface area contributed by atoms with Crippen molar-refractivity contribution in [1.29, 1.82) is 0 Å². The average Bonchev–Trinajstić information content (AvgIpc) is 3.21. The highest BCUT2D eigenvalue weighted by atomic mass is 16.5. The zero-order chi connectivity index (χ0) is 43.4. The number of ether oxygens (including phenoxy) is 3. The van der Waals surface area contributed by atoms with E-state index in [1.54, 1.807) is 0 Å². The second-order valence-electron chi connectivity index (χ2n) is 19.0. The van der Waals surface area contributed by atoms with Crippen LogP contribution in [-0.4, -0.2) is 62.9 Å². The molecule has 0 aromatic rings. The van der Waals surface area contributed by atoms with Crippen LogP contribution in [-0.2, 0) is 23.8 Å². The molecule has 0 fully saturated rings. The van der Waals surface area contributed by atoms with Crippen molar-refractivity contribution in [3.05, 3.63) is 0 Å². The highest BCUT2D eigenvalue weighted by Gasteiger charge is 2.16. The smallest absolute Gasteiger partial charge is 0.306 e. The number of unbranched alkanes of at least 4 members (excludes halogenated alkanes) is 20. The minimum atomic E-state index is 0.0325. The van der Waals surface area contributed by atoms with E-state index in [0.29, 0.717) is 49.9 Å². The predicted octanol–water partition coefficient (Wildman–Crippen LogP) is 16.0. The van der Waals surface area contributed by atoms with Crippen LogP contribution in [0.25, 0.3) is 0 Å². The van der Waals surface area contributed by atoms with Gasteiger partial charge in [0, 0.05) is 38.6 Å². The van der Waals surface area contributed by atoms with Crippen LogP contribution in [0.2, 0.25) is 0 Å². The van der Waals surface area contributed by atoms with Gasteiger partial charge in [-0.25, -0.2) is 0 Å². The molecule has 0 aliphatic carbocycles. The highest BCUT2D eigenvalue weighted by molar-refractivity contribution is 5.70. The summed E-state index contributed by atoms with van der Waals surface area (Å²) >= 11 is 0. The van der Waals surface area contributed by atoms with Gasteiger partial charge in [-0.1, -0.05) is 182 Å². The first-order valence-corrected chi connectivity index (χ1v) is 26.4. The fourth-order valence-corrected chi connectivity index (χ4v) is 8.46. The Hall–Kier alpha value is -1.14. The Morgan fingerprint density at radius 2 is 0.729 bits per heavy atom. The molecule has 0 spiro atoms. The number of carbonyl (C=O) groups excluding carboxylic acids is 2. The summed E-state index contributed by atoms with van der Waals surface area (Å²) in [7, 11) is 2.21. The van der Waals surface area contributed by atoms with E-state index >= 15 is 0 Å². The summed E-state index contributed by atoms with van der Waals surface area (Å²) in [5, 5.41) is 0. The molecule has 0 heterocycles. The van der Waals surface area contributed by atoms with Gasteiger partial charge in [0.2, 0.25) is 0 Å². The minimum Gasteiger partial charge on any atom is -0.466 e. The number of hydrogen-bond donors (Lipinski definition) is 0. The van der Waals surface area contributed by atoms with Crippen molar-refractivity contribution < 1.29 is 23.8 Å². The molecule has 0 amide bonds. The third-order valence-corrected chi connectivity index (χ3v) is 12.8. The summed E-state index contributed by atoms with van der Waals surface area (Å²) in [4.78, 5) is 27.5. The Morgan fingerprint density at radius 1 is 0.407 bits per heavy atom. The maximum absolute atomic E-state index is 12.5. The quantitative estimate of drug-likeness (QED) is 0.0449. The van der Waals surface area contributed by atoms with Crippen LogP contribution < -0.4 is 0 Å². The van der Waals surface area contributed by atoms with E-state index in [-0.39, 0.29) is 11.9 Å². The average molecular weight is 836 g/mol. The molecule has 0 atom stereocenters. The van der Waals surface area contributed by atoms with Crippen LogP contribution in [0.3, 0.4) is 0 Å². The number of carbonyl (C=O) groups is 2. The molecule has 0 N–H and O–H groups in total. The summed E-state index contributed by atoms with van der Waals surface area (Å²) in [6, 6.07) is 0.587. The molecule has 0 saturated carbocycles. The Balaban J connectivity index is 4.26. The summed E-state index contributed by atoms with van der Waals surface area (Å²) in [5.74, 6) is 1.77. The number of nitrogens with zero attached hydrogens (tertiary/aromatic N) is 1. The molecular weight excluding hydrogens is 731 g/mol. The van der Waals surface area contributed by atoms with Crippen molar-refractivity contribution in [3.63, 3.8) is 0 Å². The van der Waals surface area contributed by atoms with Gasteiger partial charge >= 0.3 is 11.9 Å². The van der Waals surface area contributed by atoms with E-state index in [1.807, 2.05) is 0 Å². The SMILES string of the molecule is CCCCCC(CCCCC)CC(=O)OCCCCCCCCCC(CCCCCCCCCOC(=O)CC(CCCCC)CCCCC)COCCCN(C)C(C)C. The van der Waals surface area contributed by atoms with E-state index in [4.69, 9.17) is 14.2 Å². The van der Waals surface area contributed by atoms with Gasteiger partial charge < -0.3 is 19.1 Å². The lowest BCUT2D eigenvalue weighted by Gasteiger charge is -2.21. The molecule has 6 heteroatoms. The fourth-order valence-electron chi connectivity index (χ4n) is 8.46. The maximum Gasteiger partial charge on any atom is 0.306 e. The van der Waals surface area contributed by atoms with Gasteiger partial charge in [0.25, 0.3) is 0 Å². The van der Waals surface area contributed by atoms with Gasteiger partial charge in [0.1, 0.15) is 0 Å². The minimum absolute atomic E-state index is 0.0325. The normalized spacial score (nSPS) is 11.9. The van der Waals surface area contributed by atoms with Crippen LogP contribution in [0, 0.1) is 17.8 Å². The lowest BCUT2D eigenvalue weighted by atomic mass is 9.92. The Labute approximate surface area is 369 Å². The third-order valence-electron chi connectivity index (χ3n) is 12.8. The monoisotopic (exact) mass is 836 g/mol. The lowest BCUT2D eigenvalue weighted by molar-refractivity contribution is -0.146. The van der Waals surface area contributed by atoms with Crippen LogP contribution in [0.4, 0.5) is 0 Å². The first-order chi connectivity index (χ1) is 28.8. The molecule has 0 unspecified atom stereocenters. The molecule has 6 nitrogen and oxygen atoms in total. The van der Waals surface area contributed by atoms with E-state index < -0.39 is 0 Å². The molecule has 0 bridgehead atoms. The molecule has 59 heavy (non-hydrogen) atoms. The fraction of sp³-hybridized carbons (Fsp3) is 0.962. The van der Waals surface area contributed by atoms with E-state index in [1.165, 1.54) is 193 Å². The Bertz CT molecular complexity index is 802. The summed E-state index contributed by atoms with van der Waals surface area (Å²) in [6.07, 6.45) is 41.9. The van der Waals surface area contributed by atoms with Crippen molar-refractivity contribution in [1.82, 2.24) is 4.90 Å². The lowest BCUT2D eigenvalue weighted by Crippen LogP contribution is -2.28. The first kappa shape index (κ1) is 57.9. The zero-order valence-electron chi connectivity index (χ0n) is 41.1. The zero-order valence-corrected chi connectivity index (χ0v) is 41.1. The van der Waals surface area contributed by atoms with Crippen molar-refractivity contribution in [2.45, 2.75) is 272 Å². The largest absolute Gasteiger partial charge is 0.466 e. The molecule has 0 aromatic heterocycles. The van der Waals surface area contributed by atoms with Gasteiger partial charge in [-0.2, -0.15) is 0 Å². The van der Waals surface area contributed by atoms with Gasteiger partial charge in [0.05, 0.1) is 13.2 Å². The highest BCUT2D eigenvalue weighted by Crippen LogP contribution is 2.24.